The minimum absolute atomic E-state index is 0. The molecule has 1 amide bonds. The summed E-state index contributed by atoms with van der Waals surface area (Å²) >= 11 is 0. The second-order valence-electron chi connectivity index (χ2n) is 4.84. The fourth-order valence-corrected chi connectivity index (χ4v) is 1.87. The van der Waals surface area contributed by atoms with Gasteiger partial charge in [-0.25, -0.2) is 4.39 Å². The summed E-state index contributed by atoms with van der Waals surface area (Å²) < 4.78 is 18.0. The highest BCUT2D eigenvalue weighted by atomic mass is 127. The predicted octanol–water partition coefficient (Wildman–Crippen LogP) is 1.30. The van der Waals surface area contributed by atoms with E-state index in [2.05, 4.69) is 20.9 Å². The van der Waals surface area contributed by atoms with Crippen molar-refractivity contribution >= 4 is 35.8 Å². The van der Waals surface area contributed by atoms with Crippen molar-refractivity contribution in [2.45, 2.75) is 13.3 Å². The lowest BCUT2D eigenvalue weighted by atomic mass is 10.1. The van der Waals surface area contributed by atoms with E-state index in [4.69, 9.17) is 4.74 Å². The number of hydrogen-bond donors (Lipinski definition) is 3. The number of aliphatic imine (C=N–C) groups is 1. The van der Waals surface area contributed by atoms with E-state index in [9.17, 15) is 9.18 Å². The molecule has 0 aliphatic heterocycles. The van der Waals surface area contributed by atoms with Crippen molar-refractivity contribution in [3.05, 3.63) is 35.6 Å². The van der Waals surface area contributed by atoms with Crippen molar-refractivity contribution in [3.8, 4) is 0 Å². The topological polar surface area (TPSA) is 74.8 Å². The molecule has 0 fully saturated rings. The van der Waals surface area contributed by atoms with E-state index in [0.717, 1.165) is 6.54 Å². The van der Waals surface area contributed by atoms with Crippen molar-refractivity contribution in [1.29, 1.82) is 0 Å². The minimum atomic E-state index is -0.334. The Labute approximate surface area is 159 Å². The molecule has 0 bridgehead atoms. The quantitative estimate of drug-likeness (QED) is 0.229. The number of amides is 1. The molecule has 0 aliphatic carbocycles. The Kier molecular flexibility index (Phi) is 13.1. The van der Waals surface area contributed by atoms with Crippen molar-refractivity contribution in [2.75, 3.05) is 39.9 Å². The number of hydrogen-bond acceptors (Lipinski definition) is 3. The molecule has 0 atom stereocenters. The fraction of sp³-hybridized carbons (Fsp3) is 0.500. The highest BCUT2D eigenvalue weighted by Crippen LogP contribution is 2.03. The summed E-state index contributed by atoms with van der Waals surface area (Å²) in [4.78, 5) is 16.1. The second kappa shape index (κ2) is 14.0. The molecule has 8 heteroatoms. The third-order valence-electron chi connectivity index (χ3n) is 2.90. The zero-order valence-electron chi connectivity index (χ0n) is 14.1. The average Bonchev–Trinajstić information content (AvgIpc) is 2.51. The summed E-state index contributed by atoms with van der Waals surface area (Å²) in [6.07, 6.45) is 0.166. The van der Waals surface area contributed by atoms with Gasteiger partial charge < -0.3 is 20.7 Å². The summed E-state index contributed by atoms with van der Waals surface area (Å²) in [6, 6.07) is 6.05. The van der Waals surface area contributed by atoms with Gasteiger partial charge in [0.15, 0.2) is 5.96 Å². The van der Waals surface area contributed by atoms with Gasteiger partial charge >= 0.3 is 0 Å². The Morgan fingerprint density at radius 2 is 2.00 bits per heavy atom. The molecule has 0 heterocycles. The highest BCUT2D eigenvalue weighted by molar-refractivity contribution is 14.0. The van der Waals surface area contributed by atoms with Crippen molar-refractivity contribution in [2.24, 2.45) is 4.99 Å². The van der Waals surface area contributed by atoms with E-state index in [1.165, 1.54) is 12.1 Å². The molecule has 136 valence electrons. The first-order valence-corrected chi connectivity index (χ1v) is 7.68. The molecule has 24 heavy (non-hydrogen) atoms. The van der Waals surface area contributed by atoms with Gasteiger partial charge in [0, 0.05) is 26.7 Å². The number of nitrogens with one attached hydrogen (secondary N) is 3. The number of halogens is 2. The van der Waals surface area contributed by atoms with Crippen LogP contribution in [0.25, 0.3) is 0 Å². The van der Waals surface area contributed by atoms with Crippen LogP contribution < -0.4 is 16.0 Å². The molecule has 0 radical (unpaired) electrons. The normalized spacial score (nSPS) is 10.7. The first kappa shape index (κ1) is 22.6. The first-order valence-electron chi connectivity index (χ1n) is 7.68. The third kappa shape index (κ3) is 10.4. The number of ether oxygens (including phenoxy) is 1. The SMILES string of the molecule is CCNC(=NCCOC)NCCNC(=O)Cc1cccc(F)c1.I. The zero-order valence-corrected chi connectivity index (χ0v) is 16.4. The maximum atomic E-state index is 13.0. The predicted molar refractivity (Wildman–Crippen MR) is 104 cm³/mol. The first-order chi connectivity index (χ1) is 11.2. The number of rotatable bonds is 9. The zero-order chi connectivity index (χ0) is 16.9. The Balaban J connectivity index is 0.00000529. The number of carbonyl (C=O) groups is 1. The van der Waals surface area contributed by atoms with Crippen LogP contribution in [0.3, 0.4) is 0 Å². The van der Waals surface area contributed by atoms with Crippen LogP contribution in [-0.4, -0.2) is 51.8 Å². The summed E-state index contributed by atoms with van der Waals surface area (Å²) in [5.41, 5.74) is 0.657. The van der Waals surface area contributed by atoms with Gasteiger partial charge in [0.1, 0.15) is 5.82 Å². The summed E-state index contributed by atoms with van der Waals surface area (Å²) in [6.45, 7) is 4.87. The molecule has 1 rings (SSSR count). The molecule has 0 unspecified atom stereocenters. The van der Waals surface area contributed by atoms with Crippen LogP contribution >= 0.6 is 24.0 Å². The van der Waals surface area contributed by atoms with Crippen molar-refractivity contribution < 1.29 is 13.9 Å². The largest absolute Gasteiger partial charge is 0.383 e. The van der Waals surface area contributed by atoms with E-state index in [1.807, 2.05) is 6.92 Å². The third-order valence-corrected chi connectivity index (χ3v) is 2.90. The Bertz CT molecular complexity index is 515. The molecular weight excluding hydrogens is 426 g/mol. The Morgan fingerprint density at radius 1 is 1.25 bits per heavy atom. The lowest BCUT2D eigenvalue weighted by molar-refractivity contribution is -0.120. The van der Waals surface area contributed by atoms with Gasteiger partial charge in [0.2, 0.25) is 5.91 Å². The van der Waals surface area contributed by atoms with Gasteiger partial charge in [0.25, 0.3) is 0 Å². The van der Waals surface area contributed by atoms with Gasteiger partial charge in [-0.2, -0.15) is 0 Å². The average molecular weight is 452 g/mol. The Morgan fingerprint density at radius 3 is 2.67 bits per heavy atom. The smallest absolute Gasteiger partial charge is 0.224 e. The minimum Gasteiger partial charge on any atom is -0.383 e. The van der Waals surface area contributed by atoms with Crippen LogP contribution in [0.5, 0.6) is 0 Å². The molecule has 6 nitrogen and oxygen atoms in total. The molecule has 1 aromatic rings. The standard InChI is InChI=1S/C16H25FN4O2.HI/c1-3-18-16(21-9-10-23-2)20-8-7-19-15(22)12-13-5-4-6-14(17)11-13;/h4-6,11H,3,7-10,12H2,1-2H3,(H,19,22)(H2,18,20,21);1H. The highest BCUT2D eigenvalue weighted by Gasteiger charge is 2.04. The van der Waals surface area contributed by atoms with Crippen LogP contribution in [0, 0.1) is 5.82 Å². The Hall–Kier alpha value is -1.42. The van der Waals surface area contributed by atoms with Gasteiger partial charge in [-0.1, -0.05) is 12.1 Å². The van der Waals surface area contributed by atoms with E-state index < -0.39 is 0 Å². The fourth-order valence-electron chi connectivity index (χ4n) is 1.87. The number of nitrogens with zero attached hydrogens (tertiary/aromatic N) is 1. The van der Waals surface area contributed by atoms with Gasteiger partial charge in [-0.05, 0) is 24.6 Å². The lowest BCUT2D eigenvalue weighted by Gasteiger charge is -2.11. The number of carbonyl (C=O) groups excluding carboxylic acids is 1. The van der Waals surface area contributed by atoms with Crippen molar-refractivity contribution in [3.63, 3.8) is 0 Å². The van der Waals surface area contributed by atoms with E-state index in [0.29, 0.717) is 37.8 Å². The summed E-state index contributed by atoms with van der Waals surface area (Å²) in [7, 11) is 1.63. The molecule has 0 saturated heterocycles. The van der Waals surface area contributed by atoms with E-state index in [-0.39, 0.29) is 42.1 Å². The van der Waals surface area contributed by atoms with E-state index in [1.54, 1.807) is 19.2 Å². The van der Waals surface area contributed by atoms with Crippen LogP contribution in [-0.2, 0) is 16.0 Å². The van der Waals surface area contributed by atoms with Crippen LogP contribution in [0.4, 0.5) is 4.39 Å². The number of methoxy groups -OCH3 is 1. The maximum Gasteiger partial charge on any atom is 0.224 e. The van der Waals surface area contributed by atoms with Crippen LogP contribution in [0.2, 0.25) is 0 Å². The number of guanidine groups is 1. The monoisotopic (exact) mass is 452 g/mol. The van der Waals surface area contributed by atoms with Crippen LogP contribution in [0.1, 0.15) is 12.5 Å². The molecule has 1 aromatic carbocycles. The number of benzene rings is 1. The molecule has 0 saturated carbocycles. The lowest BCUT2D eigenvalue weighted by Crippen LogP contribution is -2.42. The molecule has 0 spiro atoms. The van der Waals surface area contributed by atoms with Gasteiger partial charge in [0.05, 0.1) is 19.6 Å². The maximum absolute atomic E-state index is 13.0. The van der Waals surface area contributed by atoms with E-state index >= 15 is 0 Å². The molecule has 0 aliphatic rings. The molecular formula is C16H26FIN4O2. The summed E-state index contributed by atoms with van der Waals surface area (Å²) in [5, 5.41) is 9.01. The second-order valence-corrected chi connectivity index (χ2v) is 4.84. The summed E-state index contributed by atoms with van der Waals surface area (Å²) in [5.74, 6) is 0.210. The van der Waals surface area contributed by atoms with Crippen molar-refractivity contribution in [1.82, 2.24) is 16.0 Å². The molecule has 3 N–H and O–H groups in total. The molecule has 0 aromatic heterocycles. The van der Waals surface area contributed by atoms with Gasteiger partial charge in [-0.15, -0.1) is 24.0 Å². The van der Waals surface area contributed by atoms with Crippen LogP contribution in [0.15, 0.2) is 29.3 Å². The van der Waals surface area contributed by atoms with Gasteiger partial charge in [-0.3, -0.25) is 9.79 Å².